The van der Waals surface area contributed by atoms with E-state index in [-0.39, 0.29) is 10.8 Å². The van der Waals surface area contributed by atoms with Gasteiger partial charge in [-0.2, -0.15) is 16.1 Å². The van der Waals surface area contributed by atoms with Gasteiger partial charge in [0.1, 0.15) is 10.6 Å². The van der Waals surface area contributed by atoms with Gasteiger partial charge in [-0.3, -0.25) is 14.7 Å². The second kappa shape index (κ2) is 9.46. The predicted molar refractivity (Wildman–Crippen MR) is 130 cm³/mol. The minimum atomic E-state index is -3.56. The SMILES string of the molecule is O=C(c1cc(S(=O)(=O)N2CCSCC2)c[nH]1)N1CCN(Cc2cccc3cccnc23)CC1. The smallest absolute Gasteiger partial charge is 0.270 e. The molecule has 0 radical (unpaired) electrons. The molecule has 0 spiro atoms. The molecular weight excluding hydrogens is 458 g/mol. The quantitative estimate of drug-likeness (QED) is 0.596. The molecule has 0 saturated carbocycles. The van der Waals surface area contributed by atoms with Crippen molar-refractivity contribution in [3.63, 3.8) is 0 Å². The molecule has 8 nitrogen and oxygen atoms in total. The highest BCUT2D eigenvalue weighted by Crippen LogP contribution is 2.22. The van der Waals surface area contributed by atoms with Gasteiger partial charge in [0.15, 0.2) is 0 Å². The predicted octanol–water partition coefficient (Wildman–Crippen LogP) is 2.26. The van der Waals surface area contributed by atoms with E-state index in [0.29, 0.717) is 31.9 Å². The van der Waals surface area contributed by atoms with Crippen LogP contribution < -0.4 is 0 Å². The average Bonchev–Trinajstić information content (AvgIpc) is 3.36. The first kappa shape index (κ1) is 22.4. The number of fused-ring (bicyclic) bond motifs is 1. The van der Waals surface area contributed by atoms with E-state index in [1.54, 1.807) is 16.7 Å². The molecule has 1 N–H and O–H groups in total. The fraction of sp³-hybridized carbons (Fsp3) is 0.391. The van der Waals surface area contributed by atoms with Gasteiger partial charge in [-0.1, -0.05) is 24.3 Å². The molecule has 3 aromatic rings. The van der Waals surface area contributed by atoms with Crippen LogP contribution in [0.4, 0.5) is 0 Å². The molecule has 0 unspecified atom stereocenters. The van der Waals surface area contributed by atoms with E-state index in [2.05, 4.69) is 39.1 Å². The standard InChI is InChI=1S/C23H27N5O3S2/c29-23(21-15-20(16-25-21)33(30,31)28-11-13-32-14-12-28)27-9-7-26(8-10-27)17-19-4-1-3-18-5-2-6-24-22(18)19/h1-6,15-16,25H,7-14,17H2. The fourth-order valence-corrected chi connectivity index (χ4v) is 6.97. The van der Waals surface area contributed by atoms with E-state index in [9.17, 15) is 13.2 Å². The Balaban J connectivity index is 1.21. The van der Waals surface area contributed by atoms with Gasteiger partial charge >= 0.3 is 0 Å². The van der Waals surface area contributed by atoms with Crippen LogP contribution in [-0.2, 0) is 16.6 Å². The van der Waals surface area contributed by atoms with E-state index < -0.39 is 10.0 Å². The number of nitrogens with zero attached hydrogens (tertiary/aromatic N) is 4. The number of carbonyl (C=O) groups is 1. The molecule has 0 atom stereocenters. The van der Waals surface area contributed by atoms with Crippen molar-refractivity contribution in [2.45, 2.75) is 11.4 Å². The first-order valence-corrected chi connectivity index (χ1v) is 13.7. The van der Waals surface area contributed by atoms with Crippen molar-refractivity contribution in [2.24, 2.45) is 0 Å². The largest absolute Gasteiger partial charge is 0.356 e. The third-order valence-corrected chi connectivity index (χ3v) is 9.08. The van der Waals surface area contributed by atoms with Crippen molar-refractivity contribution < 1.29 is 13.2 Å². The monoisotopic (exact) mass is 485 g/mol. The number of sulfonamides is 1. The number of piperazine rings is 1. The Morgan fingerprint density at radius 2 is 1.79 bits per heavy atom. The second-order valence-corrected chi connectivity index (χ2v) is 11.5. The van der Waals surface area contributed by atoms with Crippen molar-refractivity contribution in [3.8, 4) is 0 Å². The van der Waals surface area contributed by atoms with E-state index in [1.165, 1.54) is 22.1 Å². The first-order chi connectivity index (χ1) is 16.0. The highest BCUT2D eigenvalue weighted by Gasteiger charge is 2.29. The van der Waals surface area contributed by atoms with Crippen LogP contribution in [0.15, 0.2) is 53.7 Å². The Hall–Kier alpha value is -2.40. The molecule has 2 aliphatic rings. The maximum atomic E-state index is 13.0. The van der Waals surface area contributed by atoms with Crippen LogP contribution in [0.25, 0.3) is 10.9 Å². The minimum Gasteiger partial charge on any atom is -0.356 e. The molecule has 4 heterocycles. The summed E-state index contributed by atoms with van der Waals surface area (Å²) in [5, 5.41) is 1.13. The van der Waals surface area contributed by atoms with E-state index in [0.717, 1.165) is 42.0 Å². The van der Waals surface area contributed by atoms with Crippen LogP contribution >= 0.6 is 11.8 Å². The Labute approximate surface area is 198 Å². The van der Waals surface area contributed by atoms with Gasteiger partial charge in [0, 0.05) is 75.1 Å². The molecule has 1 amide bonds. The summed E-state index contributed by atoms with van der Waals surface area (Å²) in [6, 6.07) is 11.7. The summed E-state index contributed by atoms with van der Waals surface area (Å²) in [6.45, 7) is 4.52. The number of carbonyl (C=O) groups excluding carboxylic acids is 1. The summed E-state index contributed by atoms with van der Waals surface area (Å²) < 4.78 is 27.2. The maximum absolute atomic E-state index is 13.0. The van der Waals surface area contributed by atoms with Gasteiger partial charge in [-0.25, -0.2) is 8.42 Å². The number of hydrogen-bond donors (Lipinski definition) is 1. The number of aromatic nitrogens is 2. The number of rotatable bonds is 5. The van der Waals surface area contributed by atoms with Gasteiger partial charge in [-0.15, -0.1) is 0 Å². The van der Waals surface area contributed by atoms with E-state index in [1.807, 2.05) is 12.3 Å². The first-order valence-electron chi connectivity index (χ1n) is 11.1. The van der Waals surface area contributed by atoms with Crippen molar-refractivity contribution in [2.75, 3.05) is 50.8 Å². The topological polar surface area (TPSA) is 89.6 Å². The van der Waals surface area contributed by atoms with Crippen LogP contribution in [0, 0.1) is 0 Å². The number of thioether (sulfide) groups is 1. The van der Waals surface area contributed by atoms with Gasteiger partial charge < -0.3 is 9.88 Å². The number of benzene rings is 1. The number of pyridine rings is 1. The summed E-state index contributed by atoms with van der Waals surface area (Å²) >= 11 is 1.76. The molecule has 2 fully saturated rings. The van der Waals surface area contributed by atoms with E-state index >= 15 is 0 Å². The zero-order valence-electron chi connectivity index (χ0n) is 18.3. The van der Waals surface area contributed by atoms with E-state index in [4.69, 9.17) is 0 Å². The normalized spacial score (nSPS) is 18.6. The van der Waals surface area contributed by atoms with Gasteiger partial charge in [0.05, 0.1) is 5.52 Å². The fourth-order valence-electron chi connectivity index (χ4n) is 4.40. The molecule has 0 aliphatic carbocycles. The highest BCUT2D eigenvalue weighted by molar-refractivity contribution is 7.99. The molecule has 1 aromatic carbocycles. The third kappa shape index (κ3) is 4.65. The lowest BCUT2D eigenvalue weighted by Crippen LogP contribution is -2.48. The van der Waals surface area contributed by atoms with Crippen molar-refractivity contribution in [1.82, 2.24) is 24.1 Å². The molecule has 2 aliphatic heterocycles. The van der Waals surface area contributed by atoms with Crippen LogP contribution in [0.2, 0.25) is 0 Å². The summed E-state index contributed by atoms with van der Waals surface area (Å²) in [4.78, 5) is 24.7. The van der Waals surface area contributed by atoms with Crippen molar-refractivity contribution in [3.05, 3.63) is 60.0 Å². The number of amides is 1. The zero-order chi connectivity index (χ0) is 22.8. The Kier molecular flexibility index (Phi) is 6.42. The summed E-state index contributed by atoms with van der Waals surface area (Å²) in [6.07, 6.45) is 3.26. The number of H-pyrrole nitrogens is 1. The molecular formula is C23H27N5O3S2. The Morgan fingerprint density at radius 3 is 2.58 bits per heavy atom. The third-order valence-electron chi connectivity index (χ3n) is 6.26. The summed E-state index contributed by atoms with van der Waals surface area (Å²) in [5.74, 6) is 1.44. The lowest BCUT2D eigenvalue weighted by Gasteiger charge is -2.34. The molecule has 33 heavy (non-hydrogen) atoms. The van der Waals surface area contributed by atoms with Crippen molar-refractivity contribution in [1.29, 1.82) is 0 Å². The van der Waals surface area contributed by atoms with Crippen LogP contribution in [0.3, 0.4) is 0 Å². The molecule has 0 bridgehead atoms. The number of hydrogen-bond acceptors (Lipinski definition) is 6. The maximum Gasteiger partial charge on any atom is 0.270 e. The molecule has 10 heteroatoms. The number of nitrogens with one attached hydrogen (secondary N) is 1. The van der Waals surface area contributed by atoms with Crippen LogP contribution in [0.1, 0.15) is 16.1 Å². The lowest BCUT2D eigenvalue weighted by atomic mass is 10.1. The molecule has 2 aromatic heterocycles. The zero-order valence-corrected chi connectivity index (χ0v) is 19.9. The molecule has 2 saturated heterocycles. The number of aromatic amines is 1. The van der Waals surface area contributed by atoms with Crippen LogP contribution in [0.5, 0.6) is 0 Å². The van der Waals surface area contributed by atoms with Gasteiger partial charge in [0.25, 0.3) is 5.91 Å². The summed E-state index contributed by atoms with van der Waals surface area (Å²) in [7, 11) is -3.56. The molecule has 5 rings (SSSR count). The summed E-state index contributed by atoms with van der Waals surface area (Å²) in [5.41, 5.74) is 2.53. The lowest BCUT2D eigenvalue weighted by molar-refractivity contribution is 0.0623. The Morgan fingerprint density at radius 1 is 1.03 bits per heavy atom. The highest BCUT2D eigenvalue weighted by atomic mass is 32.2. The average molecular weight is 486 g/mol. The second-order valence-electron chi connectivity index (χ2n) is 8.33. The van der Waals surface area contributed by atoms with Crippen molar-refractivity contribution >= 4 is 38.6 Å². The van der Waals surface area contributed by atoms with Gasteiger partial charge in [-0.05, 0) is 17.7 Å². The Bertz CT molecular complexity index is 1240. The van der Waals surface area contributed by atoms with Crippen LogP contribution in [-0.4, -0.2) is 89.2 Å². The minimum absolute atomic E-state index is 0.155. The number of para-hydroxylation sites is 1. The van der Waals surface area contributed by atoms with Gasteiger partial charge in [0.2, 0.25) is 10.0 Å². The molecule has 174 valence electrons.